The Morgan fingerprint density at radius 3 is 2.33 bits per heavy atom. The highest BCUT2D eigenvalue weighted by Gasteiger charge is 2.15. The Morgan fingerprint density at radius 1 is 1.14 bits per heavy atom. The van der Waals surface area contributed by atoms with Gasteiger partial charge in [0.05, 0.1) is 18.1 Å². The monoisotopic (exact) mass is 293 g/mol. The Labute approximate surface area is 129 Å². The number of aromatic nitrogens is 2. The first kappa shape index (κ1) is 17.9. The fraction of sp³-hybridized carbons (Fsp3) is 0.750. The average Bonchev–Trinajstić information content (AvgIpc) is 2.40. The van der Waals surface area contributed by atoms with Crippen LogP contribution < -0.4 is 10.2 Å². The van der Waals surface area contributed by atoms with Gasteiger partial charge in [-0.2, -0.15) is 0 Å². The van der Waals surface area contributed by atoms with Gasteiger partial charge in [0.15, 0.2) is 0 Å². The number of nitrogens with zero attached hydrogens (tertiary/aromatic N) is 4. The van der Waals surface area contributed by atoms with Gasteiger partial charge in [-0.1, -0.05) is 13.8 Å². The second-order valence-corrected chi connectivity index (χ2v) is 6.29. The van der Waals surface area contributed by atoms with Gasteiger partial charge in [0.1, 0.15) is 5.82 Å². The van der Waals surface area contributed by atoms with Gasteiger partial charge in [-0.3, -0.25) is 4.98 Å². The highest BCUT2D eigenvalue weighted by Crippen LogP contribution is 2.13. The molecule has 0 aliphatic rings. The number of anilines is 1. The van der Waals surface area contributed by atoms with Crippen molar-refractivity contribution in [3.63, 3.8) is 0 Å². The van der Waals surface area contributed by atoms with Crippen molar-refractivity contribution in [1.82, 2.24) is 20.2 Å². The molecule has 0 bridgehead atoms. The lowest BCUT2D eigenvalue weighted by Gasteiger charge is -2.30. The Morgan fingerprint density at radius 2 is 1.86 bits per heavy atom. The van der Waals surface area contributed by atoms with Crippen LogP contribution in [0.15, 0.2) is 12.4 Å². The van der Waals surface area contributed by atoms with Crippen LogP contribution in [0.4, 0.5) is 5.82 Å². The third kappa shape index (κ3) is 6.40. The van der Waals surface area contributed by atoms with E-state index in [2.05, 4.69) is 66.9 Å². The van der Waals surface area contributed by atoms with Crippen molar-refractivity contribution < 1.29 is 0 Å². The topological polar surface area (TPSA) is 44.3 Å². The first-order valence-electron chi connectivity index (χ1n) is 7.87. The van der Waals surface area contributed by atoms with Crippen molar-refractivity contribution in [2.45, 2.75) is 40.3 Å². The molecule has 1 aromatic rings. The molecular weight excluding hydrogens is 262 g/mol. The predicted octanol–water partition coefficient (Wildman–Crippen LogP) is 2.00. The third-order valence-electron chi connectivity index (χ3n) is 3.35. The van der Waals surface area contributed by atoms with E-state index in [0.29, 0.717) is 12.0 Å². The Balaban J connectivity index is 2.62. The van der Waals surface area contributed by atoms with Gasteiger partial charge in [-0.05, 0) is 40.4 Å². The lowest BCUT2D eigenvalue weighted by Crippen LogP contribution is -2.40. The smallest absolute Gasteiger partial charge is 0.147 e. The highest BCUT2D eigenvalue weighted by molar-refractivity contribution is 5.37. The predicted molar refractivity (Wildman–Crippen MR) is 89.6 cm³/mol. The van der Waals surface area contributed by atoms with Crippen molar-refractivity contribution in [2.24, 2.45) is 5.92 Å². The second kappa shape index (κ2) is 8.95. The molecule has 120 valence electrons. The summed E-state index contributed by atoms with van der Waals surface area (Å²) in [6.45, 7) is 12.5. The van der Waals surface area contributed by atoms with Crippen LogP contribution in [0.2, 0.25) is 0 Å². The fourth-order valence-corrected chi connectivity index (χ4v) is 2.40. The molecule has 0 saturated carbocycles. The summed E-state index contributed by atoms with van der Waals surface area (Å²) in [5, 5.41) is 3.39. The largest absolute Gasteiger partial charge is 0.352 e. The lowest BCUT2D eigenvalue weighted by atomic mass is 10.2. The van der Waals surface area contributed by atoms with Crippen molar-refractivity contribution in [3.05, 3.63) is 18.1 Å². The molecule has 0 fully saturated rings. The van der Waals surface area contributed by atoms with Crippen molar-refractivity contribution in [2.75, 3.05) is 38.6 Å². The van der Waals surface area contributed by atoms with Gasteiger partial charge >= 0.3 is 0 Å². The summed E-state index contributed by atoms with van der Waals surface area (Å²) >= 11 is 0. The van der Waals surface area contributed by atoms with E-state index < -0.39 is 0 Å². The third-order valence-corrected chi connectivity index (χ3v) is 3.35. The van der Waals surface area contributed by atoms with E-state index in [-0.39, 0.29) is 0 Å². The van der Waals surface area contributed by atoms with Gasteiger partial charge in [0.25, 0.3) is 0 Å². The van der Waals surface area contributed by atoms with E-state index in [1.165, 1.54) is 0 Å². The molecule has 0 aliphatic carbocycles. The van der Waals surface area contributed by atoms with Gasteiger partial charge in [-0.15, -0.1) is 0 Å². The summed E-state index contributed by atoms with van der Waals surface area (Å²) in [5.41, 5.74) is 0.996. The number of likely N-dealkylation sites (N-methyl/N-ethyl adjacent to an activating group) is 2. The summed E-state index contributed by atoms with van der Waals surface area (Å²) in [4.78, 5) is 13.6. The maximum absolute atomic E-state index is 4.58. The van der Waals surface area contributed by atoms with Crippen LogP contribution in [0.3, 0.4) is 0 Å². The van der Waals surface area contributed by atoms with Crippen molar-refractivity contribution in [1.29, 1.82) is 0 Å². The van der Waals surface area contributed by atoms with E-state index in [1.54, 1.807) is 0 Å². The molecule has 5 heteroatoms. The van der Waals surface area contributed by atoms with Gasteiger partial charge in [0.2, 0.25) is 0 Å². The van der Waals surface area contributed by atoms with Crippen LogP contribution in [0.1, 0.15) is 33.4 Å². The molecular formula is C16H31N5. The minimum absolute atomic E-state index is 0.421. The maximum Gasteiger partial charge on any atom is 0.147 e. The summed E-state index contributed by atoms with van der Waals surface area (Å²) in [6.07, 6.45) is 3.77. The first-order valence-corrected chi connectivity index (χ1v) is 7.87. The number of hydrogen-bond acceptors (Lipinski definition) is 5. The van der Waals surface area contributed by atoms with E-state index in [9.17, 15) is 0 Å². The lowest BCUT2D eigenvalue weighted by molar-refractivity contribution is 0.372. The molecule has 0 aliphatic heterocycles. The number of nitrogens with one attached hydrogen (secondary N) is 1. The Kier molecular flexibility index (Phi) is 7.61. The Hall–Kier alpha value is -1.20. The van der Waals surface area contributed by atoms with Crippen LogP contribution in [0.25, 0.3) is 0 Å². The fourth-order valence-electron chi connectivity index (χ4n) is 2.40. The summed E-state index contributed by atoms with van der Waals surface area (Å²) in [7, 11) is 4.19. The van der Waals surface area contributed by atoms with E-state index in [0.717, 1.165) is 37.7 Å². The summed E-state index contributed by atoms with van der Waals surface area (Å²) in [5.74, 6) is 1.61. The minimum atomic E-state index is 0.421. The van der Waals surface area contributed by atoms with E-state index in [1.807, 2.05) is 12.4 Å². The van der Waals surface area contributed by atoms with Gasteiger partial charge in [-0.25, -0.2) is 4.98 Å². The van der Waals surface area contributed by atoms with Crippen molar-refractivity contribution in [3.8, 4) is 0 Å². The average molecular weight is 293 g/mol. The van der Waals surface area contributed by atoms with E-state index in [4.69, 9.17) is 0 Å². The SMILES string of the molecule is CCN(c1cnc(CNCC(C)C)cn1)C(C)CN(C)C. The highest BCUT2D eigenvalue weighted by atomic mass is 15.2. The molecule has 1 aromatic heterocycles. The molecule has 1 atom stereocenters. The molecule has 0 amide bonds. The van der Waals surface area contributed by atoms with Crippen LogP contribution >= 0.6 is 0 Å². The molecule has 1 rings (SSSR count). The summed E-state index contributed by atoms with van der Waals surface area (Å²) < 4.78 is 0. The summed E-state index contributed by atoms with van der Waals surface area (Å²) in [6, 6.07) is 0.421. The zero-order valence-electron chi connectivity index (χ0n) is 14.4. The van der Waals surface area contributed by atoms with Gasteiger partial charge < -0.3 is 15.1 Å². The van der Waals surface area contributed by atoms with Crippen LogP contribution in [0, 0.1) is 5.92 Å². The van der Waals surface area contributed by atoms with E-state index >= 15 is 0 Å². The Bertz CT molecular complexity index is 388. The molecule has 1 heterocycles. The molecule has 5 nitrogen and oxygen atoms in total. The molecule has 0 saturated heterocycles. The second-order valence-electron chi connectivity index (χ2n) is 6.29. The number of rotatable bonds is 9. The molecule has 0 spiro atoms. The zero-order valence-corrected chi connectivity index (χ0v) is 14.4. The number of hydrogen-bond donors (Lipinski definition) is 1. The normalized spacial score (nSPS) is 13.0. The standard InChI is InChI=1S/C16H31N5/c1-7-21(14(4)12-20(5)6)16-11-18-15(10-19-16)9-17-8-13(2)3/h10-11,13-14,17H,7-9,12H2,1-6H3. The first-order chi connectivity index (χ1) is 9.93. The van der Waals surface area contributed by atoms with Crippen LogP contribution in [-0.2, 0) is 6.54 Å². The molecule has 0 radical (unpaired) electrons. The maximum atomic E-state index is 4.58. The van der Waals surface area contributed by atoms with Gasteiger partial charge in [0, 0.05) is 25.7 Å². The molecule has 0 aromatic carbocycles. The van der Waals surface area contributed by atoms with Crippen LogP contribution in [-0.4, -0.2) is 54.6 Å². The quantitative estimate of drug-likeness (QED) is 0.754. The molecule has 21 heavy (non-hydrogen) atoms. The van der Waals surface area contributed by atoms with Crippen molar-refractivity contribution >= 4 is 5.82 Å². The molecule has 1 unspecified atom stereocenters. The van der Waals surface area contributed by atoms with Crippen LogP contribution in [0.5, 0.6) is 0 Å². The molecule has 1 N–H and O–H groups in total. The minimum Gasteiger partial charge on any atom is -0.352 e. The zero-order chi connectivity index (χ0) is 15.8.